The van der Waals surface area contributed by atoms with Gasteiger partial charge in [0.15, 0.2) is 0 Å². The van der Waals surface area contributed by atoms with Crippen LogP contribution in [-0.4, -0.2) is 0 Å². The fraction of sp³-hybridized carbons (Fsp3) is 0.364. The molecule has 0 aliphatic heterocycles. The fourth-order valence-electron chi connectivity index (χ4n) is 2.95. The van der Waals surface area contributed by atoms with E-state index >= 15 is 0 Å². The molecule has 2 aromatic rings. The van der Waals surface area contributed by atoms with Gasteiger partial charge in [-0.3, -0.25) is 0 Å². The van der Waals surface area contributed by atoms with Crippen LogP contribution in [0.25, 0.3) is 5.57 Å². The summed E-state index contributed by atoms with van der Waals surface area (Å²) in [5, 5.41) is 0. The molecule has 0 aliphatic rings. The van der Waals surface area contributed by atoms with E-state index in [-0.39, 0.29) is 0 Å². The number of rotatable bonds is 5. The number of allylic oxidation sites excluding steroid dienone is 1. The molecule has 0 radical (unpaired) electrons. The van der Waals surface area contributed by atoms with Gasteiger partial charge < -0.3 is 0 Å². The van der Waals surface area contributed by atoms with Crippen LogP contribution in [0, 0.1) is 26.7 Å². The number of hydrogen-bond acceptors (Lipinski definition) is 0. The molecule has 0 amide bonds. The van der Waals surface area contributed by atoms with Crippen LogP contribution in [0.5, 0.6) is 0 Å². The van der Waals surface area contributed by atoms with Gasteiger partial charge in [0.1, 0.15) is 0 Å². The zero-order valence-electron chi connectivity index (χ0n) is 14.6. The van der Waals surface area contributed by atoms with Gasteiger partial charge in [-0.05, 0) is 66.5 Å². The van der Waals surface area contributed by atoms with E-state index in [1.807, 2.05) is 0 Å². The Morgan fingerprint density at radius 3 is 2.32 bits per heavy atom. The van der Waals surface area contributed by atoms with Gasteiger partial charge in [-0.25, -0.2) is 0 Å². The molecule has 0 bridgehead atoms. The lowest BCUT2D eigenvalue weighted by atomic mass is 9.89. The zero-order valence-corrected chi connectivity index (χ0v) is 14.6. The summed E-state index contributed by atoms with van der Waals surface area (Å²) >= 11 is 0. The minimum atomic E-state index is 0.598. The third-order valence-corrected chi connectivity index (χ3v) is 4.45. The first kappa shape index (κ1) is 16.5. The molecule has 2 aromatic carbocycles. The van der Waals surface area contributed by atoms with E-state index in [1.54, 1.807) is 0 Å². The quantitative estimate of drug-likeness (QED) is 0.591. The molecule has 0 heteroatoms. The topological polar surface area (TPSA) is 0 Å². The summed E-state index contributed by atoms with van der Waals surface area (Å²) in [6, 6.07) is 15.5. The van der Waals surface area contributed by atoms with Gasteiger partial charge in [0.05, 0.1) is 0 Å². The Balaban J connectivity index is 2.55. The second-order valence-electron chi connectivity index (χ2n) is 6.46. The third-order valence-electron chi connectivity index (χ3n) is 4.45. The summed E-state index contributed by atoms with van der Waals surface area (Å²) < 4.78 is 0. The Morgan fingerprint density at radius 1 is 0.955 bits per heavy atom. The molecule has 22 heavy (non-hydrogen) atoms. The average Bonchev–Trinajstić information content (AvgIpc) is 2.49. The minimum absolute atomic E-state index is 0.598. The van der Waals surface area contributed by atoms with E-state index < -0.39 is 0 Å². The highest BCUT2D eigenvalue weighted by atomic mass is 14.1. The summed E-state index contributed by atoms with van der Waals surface area (Å²) in [5.74, 6) is 0.598. The van der Waals surface area contributed by atoms with Gasteiger partial charge >= 0.3 is 0 Å². The van der Waals surface area contributed by atoms with Crippen molar-refractivity contribution in [1.29, 1.82) is 0 Å². The molecule has 1 unspecified atom stereocenters. The average molecular weight is 292 g/mol. The van der Waals surface area contributed by atoms with Crippen LogP contribution in [-0.2, 0) is 0 Å². The minimum Gasteiger partial charge on any atom is -0.0732 e. The SMILES string of the molecule is CCCC(C)/C=C(/c1ccc(C)c(C)c1)c1ccccc1C. The highest BCUT2D eigenvalue weighted by molar-refractivity contribution is 5.81. The van der Waals surface area contributed by atoms with E-state index in [0.29, 0.717) is 5.92 Å². The van der Waals surface area contributed by atoms with E-state index in [4.69, 9.17) is 0 Å². The molecule has 0 aliphatic carbocycles. The van der Waals surface area contributed by atoms with E-state index in [2.05, 4.69) is 83.2 Å². The Kier molecular flexibility index (Phi) is 5.60. The van der Waals surface area contributed by atoms with E-state index in [1.165, 1.54) is 46.2 Å². The smallest absolute Gasteiger partial charge is 0.0146 e. The lowest BCUT2D eigenvalue weighted by Gasteiger charge is -2.15. The molecule has 0 fully saturated rings. The van der Waals surface area contributed by atoms with Crippen LogP contribution < -0.4 is 0 Å². The Morgan fingerprint density at radius 2 is 1.68 bits per heavy atom. The van der Waals surface area contributed by atoms with Crippen molar-refractivity contribution in [3.05, 3.63) is 76.4 Å². The van der Waals surface area contributed by atoms with Crippen molar-refractivity contribution in [3.63, 3.8) is 0 Å². The molecule has 0 N–H and O–H groups in total. The summed E-state index contributed by atoms with van der Waals surface area (Å²) in [5.41, 5.74) is 8.13. The van der Waals surface area contributed by atoms with Gasteiger partial charge in [-0.1, -0.05) is 68.8 Å². The van der Waals surface area contributed by atoms with Crippen molar-refractivity contribution in [3.8, 4) is 0 Å². The first-order chi connectivity index (χ1) is 10.5. The molecule has 1 atom stereocenters. The lowest BCUT2D eigenvalue weighted by molar-refractivity contribution is 0.635. The molecule has 2 rings (SSSR count). The maximum Gasteiger partial charge on any atom is -0.0146 e. The van der Waals surface area contributed by atoms with Crippen molar-refractivity contribution in [2.75, 3.05) is 0 Å². The molecular formula is C22H28. The number of benzene rings is 2. The summed E-state index contributed by atoms with van der Waals surface area (Å²) in [6.07, 6.45) is 4.92. The molecule has 116 valence electrons. The van der Waals surface area contributed by atoms with Gasteiger partial charge in [-0.2, -0.15) is 0 Å². The summed E-state index contributed by atoms with van der Waals surface area (Å²) in [4.78, 5) is 0. The molecule has 0 aromatic heterocycles. The van der Waals surface area contributed by atoms with Crippen LogP contribution in [0.1, 0.15) is 54.5 Å². The zero-order chi connectivity index (χ0) is 16.1. The molecule has 0 spiro atoms. The molecule has 0 saturated carbocycles. The van der Waals surface area contributed by atoms with E-state index in [9.17, 15) is 0 Å². The Labute approximate surface area is 135 Å². The lowest BCUT2D eigenvalue weighted by Crippen LogP contribution is -1.97. The van der Waals surface area contributed by atoms with Crippen molar-refractivity contribution < 1.29 is 0 Å². The Hall–Kier alpha value is -1.82. The van der Waals surface area contributed by atoms with Gasteiger partial charge in [-0.15, -0.1) is 0 Å². The number of hydrogen-bond donors (Lipinski definition) is 0. The molecule has 0 saturated heterocycles. The maximum absolute atomic E-state index is 2.45. The van der Waals surface area contributed by atoms with Crippen LogP contribution in [0.4, 0.5) is 0 Å². The van der Waals surface area contributed by atoms with Gasteiger partial charge in [0.2, 0.25) is 0 Å². The van der Waals surface area contributed by atoms with Crippen molar-refractivity contribution in [2.45, 2.75) is 47.5 Å². The molecule has 0 nitrogen and oxygen atoms in total. The van der Waals surface area contributed by atoms with Crippen molar-refractivity contribution in [1.82, 2.24) is 0 Å². The highest BCUT2D eigenvalue weighted by Gasteiger charge is 2.10. The normalized spacial score (nSPS) is 13.2. The second-order valence-corrected chi connectivity index (χ2v) is 6.46. The Bertz CT molecular complexity index is 661. The van der Waals surface area contributed by atoms with Crippen LogP contribution in [0.3, 0.4) is 0 Å². The standard InChI is InChI=1S/C22H28/c1-6-9-16(2)14-22(21-11-8-7-10-18(21)4)20-13-12-17(3)19(5)15-20/h7-8,10-16H,6,9H2,1-5H3/b22-14-. The predicted molar refractivity (Wildman–Crippen MR) is 98.2 cm³/mol. The second kappa shape index (κ2) is 7.45. The first-order valence-electron chi connectivity index (χ1n) is 8.38. The van der Waals surface area contributed by atoms with Gasteiger partial charge in [0.25, 0.3) is 0 Å². The predicted octanol–water partition coefficient (Wildman–Crippen LogP) is 6.48. The third kappa shape index (κ3) is 3.88. The van der Waals surface area contributed by atoms with Crippen LogP contribution in [0.15, 0.2) is 48.5 Å². The van der Waals surface area contributed by atoms with Crippen molar-refractivity contribution in [2.24, 2.45) is 5.92 Å². The summed E-state index contributed by atoms with van der Waals surface area (Å²) in [6.45, 7) is 11.2. The molecule has 0 heterocycles. The number of aryl methyl sites for hydroxylation is 3. The summed E-state index contributed by atoms with van der Waals surface area (Å²) in [7, 11) is 0. The van der Waals surface area contributed by atoms with Crippen LogP contribution >= 0.6 is 0 Å². The highest BCUT2D eigenvalue weighted by Crippen LogP contribution is 2.29. The fourth-order valence-corrected chi connectivity index (χ4v) is 2.95. The maximum atomic E-state index is 2.45. The first-order valence-corrected chi connectivity index (χ1v) is 8.38. The van der Waals surface area contributed by atoms with Crippen LogP contribution in [0.2, 0.25) is 0 Å². The molecular weight excluding hydrogens is 264 g/mol. The van der Waals surface area contributed by atoms with Crippen molar-refractivity contribution >= 4 is 5.57 Å². The van der Waals surface area contributed by atoms with Gasteiger partial charge in [0, 0.05) is 0 Å². The van der Waals surface area contributed by atoms with E-state index in [0.717, 1.165) is 0 Å². The largest absolute Gasteiger partial charge is 0.0732 e. The monoisotopic (exact) mass is 292 g/mol.